The molecule has 21 heavy (non-hydrogen) atoms. The van der Waals surface area contributed by atoms with E-state index >= 15 is 0 Å². The highest BCUT2D eigenvalue weighted by Crippen LogP contribution is 2.34. The Kier molecular flexibility index (Phi) is 5.11. The number of benzene rings is 2. The van der Waals surface area contributed by atoms with Crippen LogP contribution in [0.2, 0.25) is 0 Å². The molecule has 0 saturated carbocycles. The largest absolute Gasteiger partial charge is 0.205 e. The standard InChI is InChI=1S/C18H19BrClF/c1-4-18(2,3)13-10-8-12(9-11-13)16(20)14-6-5-7-15(19)17(14)21/h5-11,16H,4H2,1-3H3. The number of hydrogen-bond donors (Lipinski definition) is 0. The molecule has 0 fully saturated rings. The molecule has 0 nitrogen and oxygen atoms in total. The van der Waals surface area contributed by atoms with Crippen molar-refractivity contribution in [3.63, 3.8) is 0 Å². The zero-order valence-electron chi connectivity index (χ0n) is 12.5. The van der Waals surface area contributed by atoms with Crippen LogP contribution in [0.15, 0.2) is 46.9 Å². The molecule has 0 aliphatic rings. The summed E-state index contributed by atoms with van der Waals surface area (Å²) in [7, 11) is 0. The molecule has 3 heteroatoms. The minimum absolute atomic E-state index is 0.140. The molecule has 2 aromatic rings. The molecule has 2 rings (SSSR count). The predicted molar refractivity (Wildman–Crippen MR) is 91.6 cm³/mol. The van der Waals surface area contributed by atoms with Crippen LogP contribution in [0.3, 0.4) is 0 Å². The van der Waals surface area contributed by atoms with Gasteiger partial charge >= 0.3 is 0 Å². The fourth-order valence-electron chi connectivity index (χ4n) is 2.20. The average molecular weight is 370 g/mol. The van der Waals surface area contributed by atoms with Crippen molar-refractivity contribution in [1.29, 1.82) is 0 Å². The first kappa shape index (κ1) is 16.5. The second-order valence-corrected chi connectivity index (χ2v) is 7.16. The molecule has 0 aliphatic heterocycles. The molecule has 0 heterocycles. The average Bonchev–Trinajstić information content (AvgIpc) is 2.49. The molecule has 0 aromatic heterocycles. The topological polar surface area (TPSA) is 0 Å². The number of alkyl halides is 1. The van der Waals surface area contributed by atoms with Gasteiger partial charge in [0.25, 0.3) is 0 Å². The molecule has 1 unspecified atom stereocenters. The molecule has 0 amide bonds. The van der Waals surface area contributed by atoms with Gasteiger partial charge in [-0.3, -0.25) is 0 Å². The van der Waals surface area contributed by atoms with E-state index in [1.54, 1.807) is 18.2 Å². The Morgan fingerprint density at radius 3 is 2.33 bits per heavy atom. The van der Waals surface area contributed by atoms with Gasteiger partial charge in [-0.2, -0.15) is 0 Å². The van der Waals surface area contributed by atoms with Crippen LogP contribution < -0.4 is 0 Å². The van der Waals surface area contributed by atoms with Crippen molar-refractivity contribution in [2.75, 3.05) is 0 Å². The Bertz CT molecular complexity index is 620. The second-order valence-electron chi connectivity index (χ2n) is 5.87. The van der Waals surface area contributed by atoms with Gasteiger partial charge in [0.15, 0.2) is 0 Å². The minimum atomic E-state index is -0.485. The van der Waals surface area contributed by atoms with Crippen molar-refractivity contribution < 1.29 is 4.39 Å². The molecule has 2 aromatic carbocycles. The fraction of sp³-hybridized carbons (Fsp3) is 0.333. The Morgan fingerprint density at radius 1 is 1.14 bits per heavy atom. The maximum Gasteiger partial charge on any atom is 0.142 e. The number of hydrogen-bond acceptors (Lipinski definition) is 0. The summed E-state index contributed by atoms with van der Waals surface area (Å²) >= 11 is 9.65. The van der Waals surface area contributed by atoms with Crippen LogP contribution >= 0.6 is 27.5 Å². The monoisotopic (exact) mass is 368 g/mol. The first-order valence-corrected chi connectivity index (χ1v) is 8.28. The summed E-state index contributed by atoms with van der Waals surface area (Å²) in [5, 5.41) is -0.485. The SMILES string of the molecule is CCC(C)(C)c1ccc(C(Cl)c2cccc(Br)c2F)cc1. The molecular weight excluding hydrogens is 351 g/mol. The van der Waals surface area contributed by atoms with Crippen LogP contribution in [-0.2, 0) is 5.41 Å². The van der Waals surface area contributed by atoms with Crippen LogP contribution in [-0.4, -0.2) is 0 Å². The van der Waals surface area contributed by atoms with E-state index in [0.29, 0.717) is 10.0 Å². The third kappa shape index (κ3) is 3.49. The van der Waals surface area contributed by atoms with E-state index in [1.165, 1.54) is 5.56 Å². The molecule has 0 bridgehead atoms. The first-order chi connectivity index (χ1) is 9.86. The number of rotatable bonds is 4. The van der Waals surface area contributed by atoms with Gasteiger partial charge in [0.05, 0.1) is 9.85 Å². The van der Waals surface area contributed by atoms with Crippen molar-refractivity contribution in [3.8, 4) is 0 Å². The lowest BCUT2D eigenvalue weighted by Gasteiger charge is -2.24. The molecule has 0 spiro atoms. The lowest BCUT2D eigenvalue weighted by Crippen LogP contribution is -2.15. The van der Waals surface area contributed by atoms with Crippen molar-refractivity contribution in [3.05, 3.63) is 69.4 Å². The molecule has 0 aliphatic carbocycles. The van der Waals surface area contributed by atoms with Gasteiger partial charge in [-0.15, -0.1) is 11.6 Å². The zero-order chi connectivity index (χ0) is 15.6. The smallest absolute Gasteiger partial charge is 0.142 e. The highest BCUT2D eigenvalue weighted by atomic mass is 79.9. The Balaban J connectivity index is 2.32. The van der Waals surface area contributed by atoms with Gasteiger partial charge in [0.1, 0.15) is 5.82 Å². The highest BCUT2D eigenvalue weighted by molar-refractivity contribution is 9.10. The normalized spacial score (nSPS) is 13.2. The molecule has 0 saturated heterocycles. The Labute approximate surface area is 139 Å². The van der Waals surface area contributed by atoms with Gasteiger partial charge in [0, 0.05) is 5.56 Å². The van der Waals surface area contributed by atoms with Crippen LogP contribution in [0.4, 0.5) is 4.39 Å². The highest BCUT2D eigenvalue weighted by Gasteiger charge is 2.20. The van der Waals surface area contributed by atoms with Crippen LogP contribution in [0, 0.1) is 5.82 Å². The fourth-order valence-corrected chi connectivity index (χ4v) is 2.90. The lowest BCUT2D eigenvalue weighted by molar-refractivity contribution is 0.506. The summed E-state index contributed by atoms with van der Waals surface area (Å²) in [5.74, 6) is -0.296. The second kappa shape index (κ2) is 6.50. The molecular formula is C18H19BrClF. The van der Waals surface area contributed by atoms with E-state index in [9.17, 15) is 4.39 Å². The van der Waals surface area contributed by atoms with Gasteiger partial charge < -0.3 is 0 Å². The van der Waals surface area contributed by atoms with E-state index in [2.05, 4.69) is 48.8 Å². The van der Waals surface area contributed by atoms with Gasteiger partial charge in [0.2, 0.25) is 0 Å². The molecule has 1 atom stereocenters. The maximum absolute atomic E-state index is 14.1. The summed E-state index contributed by atoms with van der Waals surface area (Å²) in [6.07, 6.45) is 1.07. The van der Waals surface area contributed by atoms with Crippen molar-refractivity contribution in [2.45, 2.75) is 38.0 Å². The summed E-state index contributed by atoms with van der Waals surface area (Å²) < 4.78 is 14.6. The summed E-state index contributed by atoms with van der Waals surface area (Å²) in [4.78, 5) is 0. The van der Waals surface area contributed by atoms with Crippen LogP contribution in [0.1, 0.15) is 49.3 Å². The zero-order valence-corrected chi connectivity index (χ0v) is 14.8. The van der Waals surface area contributed by atoms with Crippen LogP contribution in [0.5, 0.6) is 0 Å². The van der Waals surface area contributed by atoms with Crippen molar-refractivity contribution in [1.82, 2.24) is 0 Å². The Morgan fingerprint density at radius 2 is 1.76 bits per heavy atom. The Hall–Kier alpha value is -0.860. The van der Waals surface area contributed by atoms with E-state index < -0.39 is 5.38 Å². The third-order valence-electron chi connectivity index (χ3n) is 4.12. The van der Waals surface area contributed by atoms with Crippen molar-refractivity contribution >= 4 is 27.5 Å². The third-order valence-corrected chi connectivity index (χ3v) is 5.22. The van der Waals surface area contributed by atoms with Gasteiger partial charge in [-0.25, -0.2) is 4.39 Å². The summed E-state index contributed by atoms with van der Waals surface area (Å²) in [6.45, 7) is 6.61. The maximum atomic E-state index is 14.1. The molecule has 0 radical (unpaired) electrons. The molecule has 112 valence electrons. The van der Waals surface area contributed by atoms with E-state index in [0.717, 1.165) is 12.0 Å². The lowest BCUT2D eigenvalue weighted by atomic mass is 9.82. The van der Waals surface area contributed by atoms with Gasteiger partial charge in [-0.05, 0) is 45.0 Å². The summed E-state index contributed by atoms with van der Waals surface area (Å²) in [6, 6.07) is 13.4. The van der Waals surface area contributed by atoms with E-state index in [-0.39, 0.29) is 11.2 Å². The van der Waals surface area contributed by atoms with E-state index in [1.807, 2.05) is 12.1 Å². The number of halogens is 3. The van der Waals surface area contributed by atoms with E-state index in [4.69, 9.17) is 11.6 Å². The first-order valence-electron chi connectivity index (χ1n) is 7.05. The van der Waals surface area contributed by atoms with Crippen molar-refractivity contribution in [2.24, 2.45) is 0 Å². The predicted octanol–water partition coefficient (Wildman–Crippen LogP) is 6.60. The van der Waals surface area contributed by atoms with Gasteiger partial charge in [-0.1, -0.05) is 57.2 Å². The molecule has 0 N–H and O–H groups in total. The van der Waals surface area contributed by atoms with Crippen LogP contribution in [0.25, 0.3) is 0 Å². The quantitative estimate of drug-likeness (QED) is 0.532. The summed E-state index contributed by atoms with van der Waals surface area (Å²) in [5.41, 5.74) is 2.81. The minimum Gasteiger partial charge on any atom is -0.205 e.